The number of halogens is 1. The zero-order valence-corrected chi connectivity index (χ0v) is 12.9. The topological polar surface area (TPSA) is 76.6 Å². The van der Waals surface area contributed by atoms with Crippen LogP contribution in [0.1, 0.15) is 0 Å². The summed E-state index contributed by atoms with van der Waals surface area (Å²) in [6, 6.07) is 7.61. The molecule has 1 aliphatic heterocycles. The van der Waals surface area contributed by atoms with E-state index < -0.39 is 11.7 Å². The Morgan fingerprint density at radius 3 is 2.88 bits per heavy atom. The maximum Gasteiger partial charge on any atom is 0.263 e. The maximum atomic E-state index is 13.4. The molecule has 1 fully saturated rings. The van der Waals surface area contributed by atoms with Gasteiger partial charge in [0.2, 0.25) is 0 Å². The fourth-order valence-electron chi connectivity index (χ4n) is 2.26. The number of nitrogens with one attached hydrogen (secondary N) is 1. The van der Waals surface area contributed by atoms with Gasteiger partial charge in [0.15, 0.2) is 18.2 Å². The molecule has 2 aromatic rings. The molecule has 8 heteroatoms. The van der Waals surface area contributed by atoms with Gasteiger partial charge >= 0.3 is 0 Å². The smallest absolute Gasteiger partial charge is 0.263 e. The summed E-state index contributed by atoms with van der Waals surface area (Å²) >= 11 is 0. The predicted octanol–water partition coefficient (Wildman–Crippen LogP) is 1.47. The van der Waals surface area contributed by atoms with Crippen LogP contribution in [0.5, 0.6) is 5.75 Å². The molecule has 3 rings (SSSR count). The lowest BCUT2D eigenvalue weighted by molar-refractivity contribution is -0.118. The largest absolute Gasteiger partial charge is 0.481 e. The zero-order valence-electron chi connectivity index (χ0n) is 12.9. The number of hydrogen-bond donors (Lipinski definition) is 1. The second kappa shape index (κ2) is 7.69. The monoisotopic (exact) mass is 332 g/mol. The normalized spacial score (nSPS) is 14.3. The van der Waals surface area contributed by atoms with Crippen LogP contribution in [-0.4, -0.2) is 48.8 Å². The van der Waals surface area contributed by atoms with Crippen molar-refractivity contribution in [1.29, 1.82) is 0 Å². The van der Waals surface area contributed by atoms with Gasteiger partial charge in [0.1, 0.15) is 18.0 Å². The number of ether oxygens (including phenoxy) is 2. The van der Waals surface area contributed by atoms with E-state index in [1.54, 1.807) is 18.2 Å². The number of anilines is 2. The van der Waals surface area contributed by atoms with Crippen molar-refractivity contribution in [3.05, 3.63) is 42.5 Å². The first-order valence-corrected chi connectivity index (χ1v) is 7.54. The molecule has 1 aromatic heterocycles. The third kappa shape index (κ3) is 4.17. The lowest BCUT2D eigenvalue weighted by Crippen LogP contribution is -2.36. The summed E-state index contributed by atoms with van der Waals surface area (Å²) in [5, 5.41) is 2.62. The number of amides is 1. The summed E-state index contributed by atoms with van der Waals surface area (Å²) in [5.74, 6) is 0.184. The highest BCUT2D eigenvalue weighted by molar-refractivity contribution is 5.91. The minimum absolute atomic E-state index is 0.0318. The summed E-state index contributed by atoms with van der Waals surface area (Å²) in [7, 11) is 0. The first-order valence-electron chi connectivity index (χ1n) is 7.54. The van der Waals surface area contributed by atoms with Gasteiger partial charge in [-0.2, -0.15) is 0 Å². The Bertz CT molecular complexity index is 707. The Morgan fingerprint density at radius 2 is 2.08 bits per heavy atom. The van der Waals surface area contributed by atoms with E-state index >= 15 is 0 Å². The SMILES string of the molecule is O=C(COc1ccccc1F)Nc1cc(N2CCOCC2)ncn1. The van der Waals surface area contributed by atoms with Gasteiger partial charge in [0, 0.05) is 19.2 Å². The molecule has 2 heterocycles. The summed E-state index contributed by atoms with van der Waals surface area (Å²) < 4.78 is 23.9. The summed E-state index contributed by atoms with van der Waals surface area (Å²) in [6.45, 7) is 2.45. The molecule has 1 saturated heterocycles. The molecular formula is C16H17FN4O3. The molecule has 1 N–H and O–H groups in total. The molecule has 126 valence electrons. The van der Waals surface area contributed by atoms with Gasteiger partial charge in [-0.1, -0.05) is 12.1 Å². The van der Waals surface area contributed by atoms with Crippen LogP contribution >= 0.6 is 0 Å². The fourth-order valence-corrected chi connectivity index (χ4v) is 2.26. The molecule has 0 atom stereocenters. The van der Waals surface area contributed by atoms with E-state index in [0.29, 0.717) is 19.0 Å². The minimum atomic E-state index is -0.512. The van der Waals surface area contributed by atoms with Gasteiger partial charge < -0.3 is 19.7 Å². The highest BCUT2D eigenvalue weighted by Gasteiger charge is 2.14. The Balaban J connectivity index is 1.57. The second-order valence-corrected chi connectivity index (χ2v) is 5.13. The Hall–Kier alpha value is -2.74. The van der Waals surface area contributed by atoms with Crippen LogP contribution in [0.2, 0.25) is 0 Å². The number of nitrogens with zero attached hydrogens (tertiary/aromatic N) is 3. The van der Waals surface area contributed by atoms with Crippen LogP contribution in [0.4, 0.5) is 16.0 Å². The molecule has 7 nitrogen and oxygen atoms in total. The van der Waals surface area contributed by atoms with Gasteiger partial charge in [-0.3, -0.25) is 4.79 Å². The number of rotatable bonds is 5. The fraction of sp³-hybridized carbons (Fsp3) is 0.312. The number of hydrogen-bond acceptors (Lipinski definition) is 6. The molecule has 1 amide bonds. The molecule has 1 aromatic carbocycles. The molecule has 0 saturated carbocycles. The lowest BCUT2D eigenvalue weighted by Gasteiger charge is -2.27. The molecule has 0 bridgehead atoms. The van der Waals surface area contributed by atoms with Crippen molar-refractivity contribution in [3.63, 3.8) is 0 Å². The van der Waals surface area contributed by atoms with Crippen molar-refractivity contribution >= 4 is 17.5 Å². The predicted molar refractivity (Wildman–Crippen MR) is 85.6 cm³/mol. The van der Waals surface area contributed by atoms with Crippen LogP contribution in [0.25, 0.3) is 0 Å². The molecule has 0 unspecified atom stereocenters. The molecule has 1 aliphatic rings. The van der Waals surface area contributed by atoms with Crippen molar-refractivity contribution in [2.24, 2.45) is 0 Å². The molecule has 24 heavy (non-hydrogen) atoms. The summed E-state index contributed by atoms with van der Waals surface area (Å²) in [4.78, 5) is 22.2. The van der Waals surface area contributed by atoms with Gasteiger partial charge in [-0.15, -0.1) is 0 Å². The van der Waals surface area contributed by atoms with Crippen molar-refractivity contribution in [2.75, 3.05) is 43.1 Å². The number of carbonyl (C=O) groups is 1. The van der Waals surface area contributed by atoms with E-state index in [0.717, 1.165) is 18.9 Å². The number of aromatic nitrogens is 2. The van der Waals surface area contributed by atoms with Gasteiger partial charge in [-0.05, 0) is 12.1 Å². The Morgan fingerprint density at radius 1 is 1.29 bits per heavy atom. The second-order valence-electron chi connectivity index (χ2n) is 5.13. The summed E-state index contributed by atoms with van der Waals surface area (Å²) in [5.41, 5.74) is 0. The highest BCUT2D eigenvalue weighted by atomic mass is 19.1. The van der Waals surface area contributed by atoms with Gasteiger partial charge in [0.05, 0.1) is 13.2 Å². The number of morpholine rings is 1. The van der Waals surface area contributed by atoms with E-state index in [-0.39, 0.29) is 12.4 Å². The van der Waals surface area contributed by atoms with Crippen LogP contribution < -0.4 is 15.0 Å². The number of para-hydroxylation sites is 1. The van der Waals surface area contributed by atoms with E-state index in [2.05, 4.69) is 20.2 Å². The van der Waals surface area contributed by atoms with Crippen molar-refractivity contribution in [3.8, 4) is 5.75 Å². The van der Waals surface area contributed by atoms with Crippen molar-refractivity contribution < 1.29 is 18.7 Å². The van der Waals surface area contributed by atoms with Crippen LogP contribution in [0.15, 0.2) is 36.7 Å². The summed E-state index contributed by atoms with van der Waals surface area (Å²) in [6.07, 6.45) is 1.39. The third-order valence-electron chi connectivity index (χ3n) is 3.45. The Labute approximate surface area is 138 Å². The standard InChI is InChI=1S/C16H17FN4O3/c17-12-3-1-2-4-13(12)24-10-16(22)20-14-9-15(19-11-18-14)21-5-7-23-8-6-21/h1-4,9,11H,5-8,10H2,(H,18,19,20,22). The first-order chi connectivity index (χ1) is 11.7. The van der Waals surface area contributed by atoms with E-state index in [1.807, 2.05) is 0 Å². The third-order valence-corrected chi connectivity index (χ3v) is 3.45. The van der Waals surface area contributed by atoms with Gasteiger partial charge in [0.25, 0.3) is 5.91 Å². The van der Waals surface area contributed by atoms with E-state index in [9.17, 15) is 9.18 Å². The molecule has 0 radical (unpaired) electrons. The average Bonchev–Trinajstić information content (AvgIpc) is 2.62. The van der Waals surface area contributed by atoms with Crippen LogP contribution in [0.3, 0.4) is 0 Å². The van der Waals surface area contributed by atoms with Crippen LogP contribution in [0, 0.1) is 5.82 Å². The average molecular weight is 332 g/mol. The first kappa shape index (κ1) is 16.1. The molecular weight excluding hydrogens is 315 g/mol. The van der Waals surface area contributed by atoms with Gasteiger partial charge in [-0.25, -0.2) is 14.4 Å². The Kier molecular flexibility index (Phi) is 5.17. The van der Waals surface area contributed by atoms with Crippen LogP contribution in [-0.2, 0) is 9.53 Å². The number of carbonyl (C=O) groups excluding carboxylic acids is 1. The van der Waals surface area contributed by atoms with E-state index in [1.165, 1.54) is 18.5 Å². The minimum Gasteiger partial charge on any atom is -0.481 e. The lowest BCUT2D eigenvalue weighted by atomic mass is 10.3. The quantitative estimate of drug-likeness (QED) is 0.893. The molecule has 0 spiro atoms. The molecule has 0 aliphatic carbocycles. The highest BCUT2D eigenvalue weighted by Crippen LogP contribution is 2.17. The maximum absolute atomic E-state index is 13.4. The van der Waals surface area contributed by atoms with Crippen molar-refractivity contribution in [1.82, 2.24) is 9.97 Å². The van der Waals surface area contributed by atoms with E-state index in [4.69, 9.17) is 9.47 Å². The number of benzene rings is 1. The van der Waals surface area contributed by atoms with Crippen molar-refractivity contribution in [2.45, 2.75) is 0 Å². The zero-order chi connectivity index (χ0) is 16.8.